The lowest BCUT2D eigenvalue weighted by molar-refractivity contribution is -0.139. The molecular weight excluding hydrogens is 236 g/mol. The summed E-state index contributed by atoms with van der Waals surface area (Å²) in [6.45, 7) is 4.41. The van der Waals surface area contributed by atoms with Crippen molar-refractivity contribution in [2.75, 3.05) is 13.2 Å². The highest BCUT2D eigenvalue weighted by Crippen LogP contribution is 2.27. The molecule has 0 spiro atoms. The average Bonchev–Trinajstić information content (AvgIpc) is 3.08. The monoisotopic (exact) mass is 258 g/mol. The van der Waals surface area contributed by atoms with Crippen LogP contribution in [0.25, 0.3) is 0 Å². The summed E-state index contributed by atoms with van der Waals surface area (Å²) in [7, 11) is 0. The van der Waals surface area contributed by atoms with Gasteiger partial charge in [-0.3, -0.25) is 0 Å². The molecular formula is C12H22N2O4. The molecule has 0 unspecified atom stereocenters. The van der Waals surface area contributed by atoms with Gasteiger partial charge in [0.15, 0.2) is 0 Å². The number of nitrogens with zero attached hydrogens (tertiary/aromatic N) is 1. The third-order valence-electron chi connectivity index (χ3n) is 2.82. The topological polar surface area (TPSA) is 89.9 Å². The van der Waals surface area contributed by atoms with Crippen LogP contribution >= 0.6 is 0 Å². The lowest BCUT2D eigenvalue weighted by Gasteiger charge is -2.26. The van der Waals surface area contributed by atoms with Crippen LogP contribution in [0.5, 0.6) is 0 Å². The van der Waals surface area contributed by atoms with Gasteiger partial charge < -0.3 is 20.4 Å². The van der Waals surface area contributed by atoms with Crippen LogP contribution in [0.2, 0.25) is 0 Å². The Kier molecular flexibility index (Phi) is 5.40. The molecule has 6 heteroatoms. The second-order valence-electron chi connectivity index (χ2n) is 5.13. The van der Waals surface area contributed by atoms with Gasteiger partial charge in [-0.1, -0.05) is 13.8 Å². The molecule has 1 rings (SSSR count). The summed E-state index contributed by atoms with van der Waals surface area (Å²) >= 11 is 0. The number of aliphatic hydroxyl groups excluding tert-OH is 1. The Labute approximate surface area is 107 Å². The number of rotatable bonds is 7. The molecule has 6 nitrogen and oxygen atoms in total. The molecule has 18 heavy (non-hydrogen) atoms. The highest BCUT2D eigenvalue weighted by Gasteiger charge is 2.34. The molecule has 104 valence electrons. The molecule has 0 heterocycles. The second kappa shape index (κ2) is 6.58. The number of carbonyl (C=O) groups is 2. The number of hydrogen-bond acceptors (Lipinski definition) is 3. The van der Waals surface area contributed by atoms with Crippen molar-refractivity contribution in [3.05, 3.63) is 0 Å². The molecule has 3 N–H and O–H groups in total. The molecule has 1 fully saturated rings. The quantitative estimate of drug-likeness (QED) is 0.625. The number of nitrogens with one attached hydrogen (secondary N) is 1. The van der Waals surface area contributed by atoms with E-state index in [2.05, 4.69) is 5.32 Å². The lowest BCUT2D eigenvalue weighted by atomic mass is 10.2. The molecule has 0 radical (unpaired) electrons. The summed E-state index contributed by atoms with van der Waals surface area (Å²) in [5.41, 5.74) is 0. The number of hydrogen-bond donors (Lipinski definition) is 3. The first-order valence-corrected chi connectivity index (χ1v) is 6.36. The molecule has 1 saturated carbocycles. The molecule has 0 saturated heterocycles. The van der Waals surface area contributed by atoms with Gasteiger partial charge in [0.25, 0.3) is 0 Å². The normalized spacial score (nSPS) is 16.4. The third-order valence-corrected chi connectivity index (χ3v) is 2.82. The first-order chi connectivity index (χ1) is 8.45. The number of carboxylic acid groups (broad SMARTS) is 1. The molecule has 1 atom stereocenters. The minimum Gasteiger partial charge on any atom is -0.480 e. The van der Waals surface area contributed by atoms with E-state index in [-0.39, 0.29) is 25.1 Å². The van der Waals surface area contributed by atoms with Crippen molar-refractivity contribution in [3.8, 4) is 0 Å². The van der Waals surface area contributed by atoms with E-state index in [4.69, 9.17) is 10.2 Å². The van der Waals surface area contributed by atoms with Crippen molar-refractivity contribution in [2.24, 2.45) is 5.92 Å². The maximum Gasteiger partial charge on any atom is 0.326 e. The van der Waals surface area contributed by atoms with Gasteiger partial charge in [-0.15, -0.1) is 0 Å². The minimum absolute atomic E-state index is 0.0290. The number of aliphatic carboxylic acids is 1. The van der Waals surface area contributed by atoms with Crippen molar-refractivity contribution in [1.82, 2.24) is 10.2 Å². The van der Waals surface area contributed by atoms with Gasteiger partial charge in [0.2, 0.25) is 0 Å². The van der Waals surface area contributed by atoms with Crippen LogP contribution < -0.4 is 5.32 Å². The Morgan fingerprint density at radius 1 is 1.39 bits per heavy atom. The minimum atomic E-state index is -1.11. The van der Waals surface area contributed by atoms with Gasteiger partial charge in [0.1, 0.15) is 6.04 Å². The van der Waals surface area contributed by atoms with Crippen LogP contribution in [0, 0.1) is 5.92 Å². The maximum absolute atomic E-state index is 12.0. The third kappa shape index (κ3) is 4.52. The number of carboxylic acids is 1. The highest BCUT2D eigenvalue weighted by molar-refractivity contribution is 5.82. The van der Waals surface area contributed by atoms with Gasteiger partial charge in [-0.25, -0.2) is 9.59 Å². The van der Waals surface area contributed by atoms with Crippen molar-refractivity contribution < 1.29 is 19.8 Å². The van der Waals surface area contributed by atoms with Crippen molar-refractivity contribution in [2.45, 2.75) is 45.2 Å². The van der Waals surface area contributed by atoms with E-state index >= 15 is 0 Å². The number of carbonyl (C=O) groups excluding carboxylic acids is 1. The van der Waals surface area contributed by atoms with E-state index in [0.29, 0.717) is 12.5 Å². The SMILES string of the molecule is CC(C)CN(C(=O)N[C@H](CCO)C(=O)O)C1CC1. The zero-order valence-electron chi connectivity index (χ0n) is 10.9. The van der Waals surface area contributed by atoms with Gasteiger partial charge in [-0.05, 0) is 18.8 Å². The van der Waals surface area contributed by atoms with Crippen molar-refractivity contribution in [1.29, 1.82) is 0 Å². The number of urea groups is 1. The van der Waals surface area contributed by atoms with Crippen molar-refractivity contribution in [3.63, 3.8) is 0 Å². The number of aliphatic hydroxyl groups is 1. The molecule has 0 aromatic heterocycles. The zero-order valence-corrected chi connectivity index (χ0v) is 10.9. The summed E-state index contributed by atoms with van der Waals surface area (Å²) in [6, 6.07) is -1.11. The molecule has 2 amide bonds. The van der Waals surface area contributed by atoms with Crippen LogP contribution in [-0.2, 0) is 4.79 Å². The molecule has 1 aliphatic carbocycles. The average molecular weight is 258 g/mol. The van der Waals surface area contributed by atoms with Gasteiger partial charge >= 0.3 is 12.0 Å². The highest BCUT2D eigenvalue weighted by atomic mass is 16.4. The predicted molar refractivity (Wildman–Crippen MR) is 66.2 cm³/mol. The summed E-state index contributed by atoms with van der Waals surface area (Å²) in [4.78, 5) is 24.6. The van der Waals surface area contributed by atoms with Crippen LogP contribution in [0.3, 0.4) is 0 Å². The van der Waals surface area contributed by atoms with Crippen LogP contribution in [0.1, 0.15) is 33.1 Å². The fourth-order valence-corrected chi connectivity index (χ4v) is 1.80. The first-order valence-electron chi connectivity index (χ1n) is 6.36. The Balaban J connectivity index is 2.56. The number of amides is 2. The van der Waals surface area contributed by atoms with E-state index in [1.54, 1.807) is 4.90 Å². The van der Waals surface area contributed by atoms with E-state index in [1.807, 2.05) is 13.8 Å². The largest absolute Gasteiger partial charge is 0.480 e. The van der Waals surface area contributed by atoms with Gasteiger partial charge in [-0.2, -0.15) is 0 Å². The smallest absolute Gasteiger partial charge is 0.326 e. The fourth-order valence-electron chi connectivity index (χ4n) is 1.80. The fraction of sp³-hybridized carbons (Fsp3) is 0.833. The van der Waals surface area contributed by atoms with Crippen LogP contribution in [0.15, 0.2) is 0 Å². The van der Waals surface area contributed by atoms with Crippen LogP contribution in [-0.4, -0.2) is 52.3 Å². The Hall–Kier alpha value is -1.30. The van der Waals surface area contributed by atoms with E-state index in [9.17, 15) is 9.59 Å². The molecule has 1 aliphatic rings. The van der Waals surface area contributed by atoms with E-state index in [0.717, 1.165) is 12.8 Å². The summed E-state index contributed by atoms with van der Waals surface area (Å²) in [6.07, 6.45) is 2.00. The summed E-state index contributed by atoms with van der Waals surface area (Å²) in [5, 5.41) is 20.2. The predicted octanol–water partition coefficient (Wildman–Crippen LogP) is 0.652. The zero-order chi connectivity index (χ0) is 13.7. The Morgan fingerprint density at radius 2 is 2.00 bits per heavy atom. The Bertz CT molecular complexity index is 302. The van der Waals surface area contributed by atoms with Crippen molar-refractivity contribution >= 4 is 12.0 Å². The standard InChI is InChI=1S/C12H22N2O4/c1-8(2)7-14(9-3-4-9)12(18)13-10(5-6-15)11(16)17/h8-10,15H,3-7H2,1-2H3,(H,13,18)(H,16,17)/t10-/m1/s1. The summed E-state index contributed by atoms with van der Waals surface area (Å²) < 4.78 is 0. The van der Waals surface area contributed by atoms with E-state index < -0.39 is 12.0 Å². The van der Waals surface area contributed by atoms with Crippen LogP contribution in [0.4, 0.5) is 4.79 Å². The molecule has 0 aromatic carbocycles. The molecule has 0 aliphatic heterocycles. The molecule has 0 bridgehead atoms. The second-order valence-corrected chi connectivity index (χ2v) is 5.13. The molecule has 0 aromatic rings. The Morgan fingerprint density at radius 3 is 2.39 bits per heavy atom. The summed E-state index contributed by atoms with van der Waals surface area (Å²) in [5.74, 6) is -0.768. The first kappa shape index (κ1) is 14.8. The van der Waals surface area contributed by atoms with Gasteiger partial charge in [0.05, 0.1) is 0 Å². The maximum atomic E-state index is 12.0. The van der Waals surface area contributed by atoms with Gasteiger partial charge in [0, 0.05) is 25.6 Å². The van der Waals surface area contributed by atoms with E-state index in [1.165, 1.54) is 0 Å². The lowest BCUT2D eigenvalue weighted by Crippen LogP contribution is -2.50.